The van der Waals surface area contributed by atoms with Gasteiger partial charge in [0.1, 0.15) is 63.9 Å². The van der Waals surface area contributed by atoms with Crippen molar-refractivity contribution in [1.29, 1.82) is 0 Å². The quantitative estimate of drug-likeness (QED) is 0.166. The third kappa shape index (κ3) is 6.78. The number of hydrogen-bond acceptors (Lipinski definition) is 6. The van der Waals surface area contributed by atoms with Gasteiger partial charge in [-0.15, -0.1) is 0 Å². The highest BCUT2D eigenvalue weighted by Gasteiger charge is 2.25. The average molecular weight is 788 g/mol. The van der Waals surface area contributed by atoms with Gasteiger partial charge in [-0.1, -0.05) is 23.2 Å². The highest BCUT2D eigenvalue weighted by Crippen LogP contribution is 2.34. The van der Waals surface area contributed by atoms with E-state index in [0.29, 0.717) is 24.3 Å². The maximum Gasteiger partial charge on any atom is 0.269 e. The van der Waals surface area contributed by atoms with E-state index in [1.54, 1.807) is 13.8 Å². The second-order valence-corrected chi connectivity index (χ2v) is 11.3. The van der Waals surface area contributed by atoms with Crippen LogP contribution in [0.2, 0.25) is 10.0 Å². The molecule has 4 heterocycles. The SMILES string of the molecule is CCn1c(-c2c(F)cc(F)cc2F)c(-n2cncn2)cc(Cl)c1=O.CCn1c(-c2c(F)cc(F)cc2F)c(-n2ncnc2Br)cc(Cl)c1=O. The molecule has 0 spiro atoms. The zero-order valence-electron chi connectivity index (χ0n) is 24.9. The summed E-state index contributed by atoms with van der Waals surface area (Å²) >= 11 is 15.1. The van der Waals surface area contributed by atoms with Gasteiger partial charge in [-0.3, -0.25) is 9.59 Å². The van der Waals surface area contributed by atoms with Gasteiger partial charge >= 0.3 is 0 Å². The van der Waals surface area contributed by atoms with Gasteiger partial charge in [-0.25, -0.2) is 45.7 Å². The number of hydrogen-bond donors (Lipinski definition) is 0. The van der Waals surface area contributed by atoms with Crippen LogP contribution >= 0.6 is 39.1 Å². The zero-order valence-corrected chi connectivity index (χ0v) is 28.0. The van der Waals surface area contributed by atoms with Crippen molar-refractivity contribution >= 4 is 39.1 Å². The minimum Gasteiger partial charge on any atom is -0.305 e. The molecular weight excluding hydrogens is 769 g/mol. The van der Waals surface area contributed by atoms with E-state index in [4.69, 9.17) is 23.2 Å². The van der Waals surface area contributed by atoms with Crippen molar-refractivity contribution in [3.05, 3.63) is 126 Å². The summed E-state index contributed by atoms with van der Waals surface area (Å²) in [4.78, 5) is 32.3. The summed E-state index contributed by atoms with van der Waals surface area (Å²) in [6, 6.07) is 4.63. The molecule has 4 aromatic heterocycles. The summed E-state index contributed by atoms with van der Waals surface area (Å²) in [5, 5.41) is 7.56. The Hall–Kier alpha value is -4.74. The lowest BCUT2D eigenvalue weighted by molar-refractivity contribution is 0.543. The number of aromatic nitrogens is 8. The van der Waals surface area contributed by atoms with E-state index >= 15 is 0 Å². The van der Waals surface area contributed by atoms with E-state index in [1.165, 1.54) is 40.5 Å². The van der Waals surface area contributed by atoms with E-state index < -0.39 is 57.1 Å². The van der Waals surface area contributed by atoms with Crippen LogP contribution in [0.4, 0.5) is 26.3 Å². The number of benzene rings is 2. The van der Waals surface area contributed by atoms with Crippen molar-refractivity contribution in [3.8, 4) is 33.9 Å². The Labute approximate surface area is 289 Å². The van der Waals surface area contributed by atoms with Crippen molar-refractivity contribution in [1.82, 2.24) is 38.7 Å². The van der Waals surface area contributed by atoms with Gasteiger partial charge in [0, 0.05) is 37.4 Å². The molecule has 0 saturated heterocycles. The first kappa shape index (κ1) is 35.6. The van der Waals surface area contributed by atoms with Crippen molar-refractivity contribution < 1.29 is 26.3 Å². The molecule has 0 saturated carbocycles. The molecular formula is C30H19BrCl2F6N8O2. The third-order valence-electron chi connectivity index (χ3n) is 6.97. The molecule has 6 rings (SSSR count). The molecule has 0 fully saturated rings. The van der Waals surface area contributed by atoms with E-state index in [2.05, 4.69) is 36.1 Å². The predicted molar refractivity (Wildman–Crippen MR) is 171 cm³/mol. The van der Waals surface area contributed by atoms with Gasteiger partial charge in [-0.05, 0) is 41.9 Å². The Kier molecular flexibility index (Phi) is 10.4. The summed E-state index contributed by atoms with van der Waals surface area (Å²) < 4.78 is 88.7. The first-order valence-electron chi connectivity index (χ1n) is 13.9. The second-order valence-electron chi connectivity index (χ2n) is 9.82. The molecule has 19 heteroatoms. The van der Waals surface area contributed by atoms with Gasteiger partial charge in [0.2, 0.25) is 0 Å². The topological polar surface area (TPSA) is 105 Å². The van der Waals surface area contributed by atoms with Crippen LogP contribution in [-0.4, -0.2) is 38.7 Å². The Balaban J connectivity index is 0.000000191. The van der Waals surface area contributed by atoms with Crippen LogP contribution in [0.5, 0.6) is 0 Å². The van der Waals surface area contributed by atoms with Crippen molar-refractivity contribution in [3.63, 3.8) is 0 Å². The lowest BCUT2D eigenvalue weighted by atomic mass is 10.1. The predicted octanol–water partition coefficient (Wildman–Crippen LogP) is 7.14. The first-order chi connectivity index (χ1) is 23.3. The van der Waals surface area contributed by atoms with Gasteiger partial charge in [-0.2, -0.15) is 10.2 Å². The summed E-state index contributed by atoms with van der Waals surface area (Å²) in [6.07, 6.45) is 3.72. The Morgan fingerprint density at radius 1 is 0.673 bits per heavy atom. The molecule has 2 aromatic carbocycles. The number of halogens is 9. The minimum atomic E-state index is -1.15. The van der Waals surface area contributed by atoms with Crippen molar-refractivity contribution in [2.24, 2.45) is 0 Å². The molecule has 10 nitrogen and oxygen atoms in total. The van der Waals surface area contributed by atoms with E-state index in [1.807, 2.05) is 0 Å². The summed E-state index contributed by atoms with van der Waals surface area (Å²) in [6.45, 7) is 3.39. The summed E-state index contributed by atoms with van der Waals surface area (Å²) in [7, 11) is 0. The van der Waals surface area contributed by atoms with Crippen LogP contribution in [-0.2, 0) is 13.1 Å². The second kappa shape index (κ2) is 14.4. The fraction of sp³-hybridized carbons (Fsp3) is 0.133. The van der Waals surface area contributed by atoms with Crippen LogP contribution in [0.15, 0.2) is 69.7 Å². The molecule has 0 aliphatic rings. The molecule has 0 radical (unpaired) electrons. The molecule has 49 heavy (non-hydrogen) atoms. The van der Waals surface area contributed by atoms with Gasteiger partial charge < -0.3 is 9.13 Å². The highest BCUT2D eigenvalue weighted by molar-refractivity contribution is 9.10. The maximum absolute atomic E-state index is 14.4. The molecule has 0 N–H and O–H groups in total. The van der Waals surface area contributed by atoms with E-state index in [-0.39, 0.29) is 50.6 Å². The number of rotatable bonds is 6. The monoisotopic (exact) mass is 786 g/mol. The fourth-order valence-electron chi connectivity index (χ4n) is 4.96. The Morgan fingerprint density at radius 2 is 1.12 bits per heavy atom. The third-order valence-corrected chi connectivity index (χ3v) is 8.05. The average Bonchev–Trinajstić information content (AvgIpc) is 3.72. The Bertz CT molecular complexity index is 2280. The lowest BCUT2D eigenvalue weighted by Crippen LogP contribution is -2.24. The maximum atomic E-state index is 14.4. The zero-order chi connectivity index (χ0) is 35.7. The minimum absolute atomic E-state index is 0.0737. The lowest BCUT2D eigenvalue weighted by Gasteiger charge is -2.18. The Morgan fingerprint density at radius 3 is 1.51 bits per heavy atom. The van der Waals surface area contributed by atoms with Crippen molar-refractivity contribution in [2.75, 3.05) is 0 Å². The fourth-order valence-corrected chi connectivity index (χ4v) is 5.75. The van der Waals surface area contributed by atoms with Gasteiger partial charge in [0.25, 0.3) is 11.1 Å². The molecule has 0 unspecified atom stereocenters. The van der Waals surface area contributed by atoms with E-state index in [9.17, 15) is 35.9 Å². The molecule has 0 aliphatic carbocycles. The number of pyridine rings is 2. The molecule has 6 aromatic rings. The summed E-state index contributed by atoms with van der Waals surface area (Å²) in [5.41, 5.74) is -2.34. The van der Waals surface area contributed by atoms with Gasteiger partial charge in [0.05, 0.1) is 33.9 Å². The molecule has 0 bridgehead atoms. The molecule has 0 amide bonds. The smallest absolute Gasteiger partial charge is 0.269 e. The van der Waals surface area contributed by atoms with Crippen molar-refractivity contribution in [2.45, 2.75) is 26.9 Å². The van der Waals surface area contributed by atoms with Crippen LogP contribution in [0.25, 0.3) is 33.9 Å². The first-order valence-corrected chi connectivity index (χ1v) is 15.4. The van der Waals surface area contributed by atoms with E-state index in [0.717, 1.165) is 9.13 Å². The van der Waals surface area contributed by atoms with Crippen LogP contribution < -0.4 is 11.1 Å². The molecule has 0 atom stereocenters. The highest BCUT2D eigenvalue weighted by atomic mass is 79.9. The van der Waals surface area contributed by atoms with Crippen LogP contribution in [0.1, 0.15) is 13.8 Å². The van der Waals surface area contributed by atoms with Crippen LogP contribution in [0, 0.1) is 34.9 Å². The normalized spacial score (nSPS) is 11.1. The van der Waals surface area contributed by atoms with Gasteiger partial charge in [0.15, 0.2) is 4.73 Å². The standard InChI is InChI=1S/C15H9BrClF3N4O.C15H10ClF3N4O/c1-2-23-13(12-9(19)3-7(18)4-10(12)20)11(5-8(17)14(23)25)24-15(16)21-6-22-24;1-2-22-14(13-10(18)3-8(17)4-11(13)19)12(5-9(16)15(22)24)23-7-20-6-21-23/h3-6H,2H2,1H3;3-7H,2H2,1H3. The molecule has 254 valence electrons. The number of nitrogens with zero attached hydrogens (tertiary/aromatic N) is 8. The van der Waals surface area contributed by atoms with Crippen LogP contribution in [0.3, 0.4) is 0 Å². The molecule has 0 aliphatic heterocycles. The summed E-state index contributed by atoms with van der Waals surface area (Å²) in [5.74, 6) is -6.72. The largest absolute Gasteiger partial charge is 0.305 e.